The van der Waals surface area contributed by atoms with E-state index in [4.69, 9.17) is 4.74 Å². The molecule has 4 rings (SSSR count). The summed E-state index contributed by atoms with van der Waals surface area (Å²) in [7, 11) is 0. The quantitative estimate of drug-likeness (QED) is 0.284. The Hall–Kier alpha value is -1.05. The van der Waals surface area contributed by atoms with Crippen molar-refractivity contribution in [2.24, 2.45) is 46.3 Å². The summed E-state index contributed by atoms with van der Waals surface area (Å²) in [6.07, 6.45) is 18.0. The van der Waals surface area contributed by atoms with Crippen LogP contribution in [0.15, 0.2) is 23.3 Å². The molecule has 33 heavy (non-hydrogen) atoms. The number of allylic oxidation sites excluding steroid dienone is 4. The molecule has 2 saturated carbocycles. The summed E-state index contributed by atoms with van der Waals surface area (Å²) in [5.41, 5.74) is 4.36. The molecule has 0 aliphatic heterocycles. The molecular weight excluding hydrogens is 404 g/mol. The summed E-state index contributed by atoms with van der Waals surface area (Å²) in [6, 6.07) is 0. The molecule has 0 spiro atoms. The van der Waals surface area contributed by atoms with Crippen LogP contribution in [-0.4, -0.2) is 12.1 Å². The second-order valence-electron chi connectivity index (χ2n) is 13.0. The van der Waals surface area contributed by atoms with Gasteiger partial charge in [-0.25, -0.2) is 0 Å². The normalized spacial score (nSPS) is 39.6. The van der Waals surface area contributed by atoms with Gasteiger partial charge in [0, 0.05) is 6.92 Å². The largest absolute Gasteiger partial charge is 0.463 e. The summed E-state index contributed by atoms with van der Waals surface area (Å²) < 4.78 is 5.64. The highest BCUT2D eigenvalue weighted by Gasteiger charge is 2.56. The van der Waals surface area contributed by atoms with E-state index in [-0.39, 0.29) is 12.1 Å². The van der Waals surface area contributed by atoms with Crippen LogP contribution < -0.4 is 0 Å². The Morgan fingerprint density at radius 3 is 2.48 bits per heavy atom. The number of carbonyl (C=O) groups is 1. The monoisotopic (exact) mass is 454 g/mol. The third kappa shape index (κ3) is 4.50. The Bertz CT molecular complexity index is 791. The van der Waals surface area contributed by atoms with E-state index in [1.165, 1.54) is 51.4 Å². The van der Waals surface area contributed by atoms with E-state index in [0.717, 1.165) is 42.4 Å². The number of fused-ring (bicyclic) bond motifs is 5. The van der Waals surface area contributed by atoms with E-state index in [9.17, 15) is 4.79 Å². The van der Waals surface area contributed by atoms with Crippen LogP contribution in [-0.2, 0) is 9.53 Å². The van der Waals surface area contributed by atoms with Crippen LogP contribution in [0.3, 0.4) is 0 Å². The molecule has 0 radical (unpaired) electrons. The average molecular weight is 455 g/mol. The van der Waals surface area contributed by atoms with Crippen molar-refractivity contribution in [1.29, 1.82) is 0 Å². The lowest BCUT2D eigenvalue weighted by atomic mass is 9.47. The molecule has 0 aromatic rings. The molecule has 0 aromatic carbocycles. The molecule has 2 fully saturated rings. The predicted molar refractivity (Wildman–Crippen MR) is 138 cm³/mol. The smallest absolute Gasteiger partial charge is 0.302 e. The zero-order valence-electron chi connectivity index (χ0n) is 22.6. The van der Waals surface area contributed by atoms with Crippen molar-refractivity contribution in [3.63, 3.8) is 0 Å². The van der Waals surface area contributed by atoms with E-state index in [2.05, 4.69) is 53.7 Å². The second kappa shape index (κ2) is 9.54. The van der Waals surface area contributed by atoms with Gasteiger partial charge in [0.1, 0.15) is 6.10 Å². The van der Waals surface area contributed by atoms with Gasteiger partial charge >= 0.3 is 5.97 Å². The molecule has 0 N–H and O–H groups in total. The summed E-state index contributed by atoms with van der Waals surface area (Å²) in [5, 5.41) is 0. The highest BCUT2D eigenvalue weighted by molar-refractivity contribution is 5.66. The van der Waals surface area contributed by atoms with Crippen molar-refractivity contribution in [3.8, 4) is 0 Å². The molecule has 2 nitrogen and oxygen atoms in total. The lowest BCUT2D eigenvalue weighted by molar-refractivity contribution is -0.152. The first-order valence-electron chi connectivity index (χ1n) is 14.2. The number of carbonyl (C=O) groups excluding carboxylic acids is 1. The predicted octanol–water partition coefficient (Wildman–Crippen LogP) is 8.52. The zero-order chi connectivity index (χ0) is 24.0. The van der Waals surface area contributed by atoms with Crippen LogP contribution in [0.1, 0.15) is 113 Å². The minimum atomic E-state index is -0.110. The van der Waals surface area contributed by atoms with Gasteiger partial charge in [-0.1, -0.05) is 71.3 Å². The first-order chi connectivity index (χ1) is 15.6. The van der Waals surface area contributed by atoms with Crippen LogP contribution in [0.2, 0.25) is 0 Å². The molecule has 0 aromatic heterocycles. The van der Waals surface area contributed by atoms with Crippen molar-refractivity contribution in [1.82, 2.24) is 0 Å². The summed E-state index contributed by atoms with van der Waals surface area (Å²) in [4.78, 5) is 11.5. The molecule has 8 atom stereocenters. The fraction of sp³-hybridized carbons (Fsp3) is 0.839. The van der Waals surface area contributed by atoms with Gasteiger partial charge in [-0.05, 0) is 104 Å². The molecule has 0 heterocycles. The first kappa shape index (κ1) is 25.1. The van der Waals surface area contributed by atoms with Crippen molar-refractivity contribution < 1.29 is 9.53 Å². The number of hydrogen-bond acceptors (Lipinski definition) is 2. The Labute approximate surface area is 204 Å². The Morgan fingerprint density at radius 2 is 1.82 bits per heavy atom. The van der Waals surface area contributed by atoms with Gasteiger partial charge < -0.3 is 4.74 Å². The first-order valence-corrected chi connectivity index (χ1v) is 14.2. The van der Waals surface area contributed by atoms with Crippen LogP contribution in [0, 0.1) is 46.3 Å². The van der Waals surface area contributed by atoms with Crippen molar-refractivity contribution in [2.45, 2.75) is 119 Å². The van der Waals surface area contributed by atoms with Crippen LogP contribution in [0.5, 0.6) is 0 Å². The van der Waals surface area contributed by atoms with Crippen LogP contribution >= 0.6 is 0 Å². The summed E-state index contributed by atoms with van der Waals surface area (Å²) in [5.74, 6) is 4.41. The van der Waals surface area contributed by atoms with Gasteiger partial charge in [-0.15, -0.1) is 0 Å². The Morgan fingerprint density at radius 1 is 1.06 bits per heavy atom. The average Bonchev–Trinajstić information content (AvgIpc) is 3.11. The maximum Gasteiger partial charge on any atom is 0.302 e. The Kier molecular flexibility index (Phi) is 7.24. The molecule has 0 bridgehead atoms. The summed E-state index contributed by atoms with van der Waals surface area (Å²) >= 11 is 0. The van der Waals surface area contributed by atoms with E-state index in [1.807, 2.05) is 0 Å². The Balaban J connectivity index is 1.47. The van der Waals surface area contributed by atoms with Crippen molar-refractivity contribution >= 4 is 5.97 Å². The van der Waals surface area contributed by atoms with E-state index in [1.54, 1.807) is 18.1 Å². The maximum atomic E-state index is 11.5. The van der Waals surface area contributed by atoms with Gasteiger partial charge in [0.2, 0.25) is 0 Å². The minimum Gasteiger partial charge on any atom is -0.463 e. The lowest BCUT2D eigenvalue weighted by Gasteiger charge is -2.57. The zero-order valence-corrected chi connectivity index (χ0v) is 22.6. The van der Waals surface area contributed by atoms with Gasteiger partial charge in [0.25, 0.3) is 0 Å². The van der Waals surface area contributed by atoms with E-state index in [0.29, 0.717) is 16.7 Å². The molecule has 0 amide bonds. The number of rotatable bonds is 7. The SMILES string of the molecule is CCC(CCC(C)C1=CCC2C3=CCC4CC(OC(C)=O)CCC4(C)C3CCC12C)C(C)C. The molecule has 186 valence electrons. The van der Waals surface area contributed by atoms with Crippen molar-refractivity contribution in [2.75, 3.05) is 0 Å². The third-order valence-electron chi connectivity index (χ3n) is 11.0. The third-order valence-corrected chi connectivity index (χ3v) is 11.0. The summed E-state index contributed by atoms with van der Waals surface area (Å²) in [6.45, 7) is 16.4. The number of ether oxygens (including phenoxy) is 1. The highest BCUT2D eigenvalue weighted by Crippen LogP contribution is 2.65. The molecule has 8 unspecified atom stereocenters. The van der Waals surface area contributed by atoms with E-state index < -0.39 is 0 Å². The van der Waals surface area contributed by atoms with Gasteiger partial charge in [0.15, 0.2) is 0 Å². The van der Waals surface area contributed by atoms with Crippen molar-refractivity contribution in [3.05, 3.63) is 23.3 Å². The molecule has 2 heteroatoms. The molecular formula is C31H50O2. The highest BCUT2D eigenvalue weighted by atomic mass is 16.5. The minimum absolute atomic E-state index is 0.110. The van der Waals surface area contributed by atoms with Crippen LogP contribution in [0.25, 0.3) is 0 Å². The van der Waals surface area contributed by atoms with Crippen LogP contribution in [0.4, 0.5) is 0 Å². The lowest BCUT2D eigenvalue weighted by Crippen LogP contribution is -2.49. The molecule has 0 saturated heterocycles. The fourth-order valence-electron chi connectivity index (χ4n) is 8.83. The second-order valence-corrected chi connectivity index (χ2v) is 13.0. The maximum absolute atomic E-state index is 11.5. The molecule has 4 aliphatic carbocycles. The van der Waals surface area contributed by atoms with E-state index >= 15 is 0 Å². The number of hydrogen-bond donors (Lipinski definition) is 0. The van der Waals surface area contributed by atoms with Gasteiger partial charge in [-0.2, -0.15) is 0 Å². The fourth-order valence-corrected chi connectivity index (χ4v) is 8.83. The van der Waals surface area contributed by atoms with Gasteiger partial charge in [0.05, 0.1) is 0 Å². The number of esters is 1. The topological polar surface area (TPSA) is 26.3 Å². The molecule has 4 aliphatic rings. The van der Waals surface area contributed by atoms with Gasteiger partial charge in [-0.3, -0.25) is 4.79 Å². The standard InChI is InChI=1S/C31H50O2/c1-8-23(20(2)3)10-9-21(4)27-13-14-28-26-12-11-24-19-25(33-22(5)32)15-17-30(24,6)29(26)16-18-31(27,28)7/h12-13,20-21,23-25,28-29H,8-11,14-19H2,1-7H3.